The third kappa shape index (κ3) is 4.04. The summed E-state index contributed by atoms with van der Waals surface area (Å²) in [5.41, 5.74) is 0. The van der Waals surface area contributed by atoms with E-state index < -0.39 is 0 Å². The lowest BCUT2D eigenvalue weighted by molar-refractivity contribution is -0.533. The van der Waals surface area contributed by atoms with Gasteiger partial charge >= 0.3 is 0 Å². The van der Waals surface area contributed by atoms with E-state index in [-0.39, 0.29) is 6.10 Å². The van der Waals surface area contributed by atoms with Crippen molar-refractivity contribution in [2.24, 2.45) is 5.92 Å². The molecular weight excluding hydrogens is 204 g/mol. The van der Waals surface area contributed by atoms with Crippen molar-refractivity contribution in [3.05, 3.63) is 0 Å². The summed E-state index contributed by atoms with van der Waals surface area (Å²) in [5.74, 6) is 0.682. The maximum Gasteiger partial charge on any atom is 0.0989 e. The van der Waals surface area contributed by atoms with Crippen molar-refractivity contribution in [2.45, 2.75) is 70.3 Å². The predicted octanol–water partition coefficient (Wildman–Crippen LogP) is 3.78. The zero-order valence-electron chi connectivity index (χ0n) is 10.2. The molecule has 1 heterocycles. The maximum atomic E-state index is 5.40. The second kappa shape index (κ2) is 7.25. The number of rotatable bonds is 1. The highest BCUT2D eigenvalue weighted by Crippen LogP contribution is 2.29. The molecule has 1 saturated carbocycles. The van der Waals surface area contributed by atoms with E-state index in [0.717, 1.165) is 12.8 Å². The van der Waals surface area contributed by atoms with Crippen LogP contribution >= 0.6 is 0 Å². The first-order valence-corrected chi connectivity index (χ1v) is 6.92. The first-order chi connectivity index (χ1) is 7.97. The average molecular weight is 228 g/mol. The molecule has 1 aliphatic heterocycles. The molecule has 16 heavy (non-hydrogen) atoms. The summed E-state index contributed by atoms with van der Waals surface area (Å²) in [6.45, 7) is 0.664. The van der Waals surface area contributed by atoms with Gasteiger partial charge in [0.1, 0.15) is 0 Å². The van der Waals surface area contributed by atoms with E-state index in [1.165, 1.54) is 51.4 Å². The second-order valence-corrected chi connectivity index (χ2v) is 5.13. The zero-order chi connectivity index (χ0) is 11.1. The largest absolute Gasteiger partial charge is 0.206 e. The normalized spacial score (nSPS) is 31.1. The van der Waals surface area contributed by atoms with Gasteiger partial charge in [0, 0.05) is 0 Å². The smallest absolute Gasteiger partial charge is 0.0989 e. The van der Waals surface area contributed by atoms with Crippen molar-refractivity contribution in [1.29, 1.82) is 0 Å². The van der Waals surface area contributed by atoms with Crippen LogP contribution in [0.4, 0.5) is 0 Å². The Morgan fingerprint density at radius 3 is 2.19 bits per heavy atom. The molecule has 3 nitrogen and oxygen atoms in total. The molecule has 1 atom stereocenters. The van der Waals surface area contributed by atoms with E-state index in [0.29, 0.717) is 12.5 Å². The van der Waals surface area contributed by atoms with Crippen molar-refractivity contribution in [1.82, 2.24) is 0 Å². The van der Waals surface area contributed by atoms with Gasteiger partial charge in [0.25, 0.3) is 0 Å². The minimum absolute atomic E-state index is 0.262. The van der Waals surface area contributed by atoms with Crippen LogP contribution < -0.4 is 0 Å². The number of hydrogen-bond donors (Lipinski definition) is 0. The first-order valence-electron chi connectivity index (χ1n) is 6.92. The lowest BCUT2D eigenvalue weighted by atomic mass is 9.85. The topological polar surface area (TPSA) is 27.7 Å². The fourth-order valence-corrected chi connectivity index (χ4v) is 2.84. The highest BCUT2D eigenvalue weighted by atomic mass is 17.5. The summed E-state index contributed by atoms with van der Waals surface area (Å²) in [5, 5.41) is 4.81. The van der Waals surface area contributed by atoms with Crippen molar-refractivity contribution >= 4 is 0 Å². The molecule has 0 aromatic rings. The molecule has 0 spiro atoms. The van der Waals surface area contributed by atoms with Crippen LogP contribution in [0.5, 0.6) is 0 Å². The Hall–Kier alpha value is -0.120. The monoisotopic (exact) mass is 228 g/mol. The fraction of sp³-hybridized carbons (Fsp3) is 1.00. The number of hydrogen-bond acceptors (Lipinski definition) is 3. The van der Waals surface area contributed by atoms with E-state index in [9.17, 15) is 0 Å². The Morgan fingerprint density at radius 1 is 0.688 bits per heavy atom. The molecule has 94 valence electrons. The molecule has 1 unspecified atom stereocenters. The van der Waals surface area contributed by atoms with Gasteiger partial charge in [0.05, 0.1) is 12.7 Å². The standard InChI is InChI=1S/C13H24O3/c1-2-4-8-12(9-5-3-1)13-10-6-7-11-14-16-15-13/h12-13H,1-11H2. The highest BCUT2D eigenvalue weighted by Gasteiger charge is 2.24. The van der Waals surface area contributed by atoms with Gasteiger partial charge in [-0.2, -0.15) is 0 Å². The van der Waals surface area contributed by atoms with Crippen LogP contribution in [-0.4, -0.2) is 12.7 Å². The molecule has 0 N–H and O–H groups in total. The molecule has 2 aliphatic rings. The summed E-state index contributed by atoms with van der Waals surface area (Å²) in [7, 11) is 0. The first kappa shape index (κ1) is 12.3. The van der Waals surface area contributed by atoms with E-state index in [2.05, 4.69) is 0 Å². The van der Waals surface area contributed by atoms with Gasteiger partial charge in [-0.3, -0.25) is 0 Å². The van der Waals surface area contributed by atoms with Crippen molar-refractivity contribution in [3.8, 4) is 0 Å². The summed E-state index contributed by atoms with van der Waals surface area (Å²) in [6.07, 6.45) is 13.2. The SMILES string of the molecule is C1CCCC(C2CCCCOOO2)CCC1. The molecule has 0 amide bonds. The van der Waals surface area contributed by atoms with Gasteiger partial charge in [-0.05, 0) is 38.0 Å². The average Bonchev–Trinajstić information content (AvgIpc) is 2.18. The second-order valence-electron chi connectivity index (χ2n) is 5.13. The lowest BCUT2D eigenvalue weighted by Crippen LogP contribution is -2.27. The van der Waals surface area contributed by atoms with E-state index in [1.54, 1.807) is 0 Å². The van der Waals surface area contributed by atoms with Crippen molar-refractivity contribution < 1.29 is 14.8 Å². The van der Waals surface area contributed by atoms with Gasteiger partial charge in [-0.25, -0.2) is 9.78 Å². The molecule has 0 aromatic carbocycles. The van der Waals surface area contributed by atoms with Crippen LogP contribution in [0.25, 0.3) is 0 Å². The molecule has 2 fully saturated rings. The molecule has 1 aliphatic carbocycles. The molecule has 0 radical (unpaired) electrons. The minimum Gasteiger partial charge on any atom is -0.206 e. The van der Waals surface area contributed by atoms with Gasteiger partial charge < -0.3 is 0 Å². The molecule has 0 aromatic heterocycles. The van der Waals surface area contributed by atoms with Crippen molar-refractivity contribution in [2.75, 3.05) is 6.61 Å². The lowest BCUT2D eigenvalue weighted by Gasteiger charge is -2.28. The fourth-order valence-electron chi connectivity index (χ4n) is 2.84. The van der Waals surface area contributed by atoms with E-state index >= 15 is 0 Å². The predicted molar refractivity (Wildman–Crippen MR) is 61.6 cm³/mol. The van der Waals surface area contributed by atoms with Gasteiger partial charge in [0.15, 0.2) is 0 Å². The van der Waals surface area contributed by atoms with Gasteiger partial charge in [-0.1, -0.05) is 37.1 Å². The van der Waals surface area contributed by atoms with E-state index in [4.69, 9.17) is 14.8 Å². The molecular formula is C13H24O3. The summed E-state index contributed by atoms with van der Waals surface area (Å²) < 4.78 is 0. The minimum atomic E-state index is 0.262. The van der Waals surface area contributed by atoms with Gasteiger partial charge in [-0.15, -0.1) is 0 Å². The third-order valence-electron chi connectivity index (χ3n) is 3.85. The molecule has 0 bridgehead atoms. The summed E-state index contributed by atoms with van der Waals surface area (Å²) >= 11 is 0. The Morgan fingerprint density at radius 2 is 1.38 bits per heavy atom. The van der Waals surface area contributed by atoms with Gasteiger partial charge in [0.2, 0.25) is 0 Å². The Balaban J connectivity index is 1.81. The quantitative estimate of drug-likeness (QED) is 0.639. The highest BCUT2D eigenvalue weighted by molar-refractivity contribution is 4.72. The maximum absolute atomic E-state index is 5.40. The zero-order valence-corrected chi connectivity index (χ0v) is 10.2. The third-order valence-corrected chi connectivity index (χ3v) is 3.85. The van der Waals surface area contributed by atoms with Crippen LogP contribution in [0, 0.1) is 5.92 Å². The molecule has 3 heteroatoms. The molecule has 2 rings (SSSR count). The Bertz CT molecular complexity index is 148. The molecule has 1 saturated heterocycles. The van der Waals surface area contributed by atoms with Crippen molar-refractivity contribution in [3.63, 3.8) is 0 Å². The van der Waals surface area contributed by atoms with E-state index in [1.807, 2.05) is 0 Å². The Labute approximate surface area is 98.3 Å². The Kier molecular flexibility index (Phi) is 5.59. The van der Waals surface area contributed by atoms with Crippen LogP contribution in [0.1, 0.15) is 64.2 Å². The van der Waals surface area contributed by atoms with Crippen LogP contribution in [0.15, 0.2) is 0 Å². The summed E-state index contributed by atoms with van der Waals surface area (Å²) in [4.78, 5) is 10.3. The van der Waals surface area contributed by atoms with Crippen LogP contribution in [-0.2, 0) is 14.8 Å². The summed E-state index contributed by atoms with van der Waals surface area (Å²) in [6, 6.07) is 0. The van der Waals surface area contributed by atoms with Crippen LogP contribution in [0.2, 0.25) is 0 Å². The van der Waals surface area contributed by atoms with Crippen LogP contribution in [0.3, 0.4) is 0 Å².